The number of alkyl halides is 1. The van der Waals surface area contributed by atoms with E-state index in [2.05, 4.69) is 10.6 Å². The molecule has 1 aromatic rings. The summed E-state index contributed by atoms with van der Waals surface area (Å²) in [5, 5.41) is 6.82. The molecular formula is C14H17FN2O. The molecule has 3 rings (SSSR count). The molecule has 0 amide bonds. The fraction of sp³-hybridized carbons (Fsp3) is 0.500. The van der Waals surface area contributed by atoms with E-state index in [1.165, 1.54) is 0 Å². The Hall–Kier alpha value is -1.42. The first-order valence-electron chi connectivity index (χ1n) is 6.43. The van der Waals surface area contributed by atoms with E-state index in [0.29, 0.717) is 17.5 Å². The highest BCUT2D eigenvalue weighted by Gasteiger charge is 2.38. The number of fused-ring (bicyclic) bond motifs is 1. The number of rotatable bonds is 1. The lowest BCUT2D eigenvalue weighted by molar-refractivity contribution is 0.0937. The predicted octanol–water partition coefficient (Wildman–Crippen LogP) is 2.28. The van der Waals surface area contributed by atoms with Crippen molar-refractivity contribution < 1.29 is 9.18 Å². The van der Waals surface area contributed by atoms with Crippen LogP contribution in [0.3, 0.4) is 0 Å². The van der Waals surface area contributed by atoms with Crippen molar-refractivity contribution in [2.24, 2.45) is 0 Å². The van der Waals surface area contributed by atoms with Gasteiger partial charge in [0.25, 0.3) is 0 Å². The van der Waals surface area contributed by atoms with Gasteiger partial charge in [-0.3, -0.25) is 4.79 Å². The van der Waals surface area contributed by atoms with Crippen LogP contribution in [0.5, 0.6) is 0 Å². The molecule has 96 valence electrons. The van der Waals surface area contributed by atoms with Gasteiger partial charge in [0.1, 0.15) is 6.67 Å². The molecule has 1 fully saturated rings. The Morgan fingerprint density at radius 1 is 1.28 bits per heavy atom. The van der Waals surface area contributed by atoms with Crippen LogP contribution in [0.15, 0.2) is 18.2 Å². The molecule has 2 N–H and O–H groups in total. The van der Waals surface area contributed by atoms with Crippen molar-refractivity contribution in [2.45, 2.75) is 31.5 Å². The van der Waals surface area contributed by atoms with Crippen molar-refractivity contribution in [3.05, 3.63) is 29.3 Å². The smallest absolute Gasteiger partial charge is 0.167 e. The summed E-state index contributed by atoms with van der Waals surface area (Å²) < 4.78 is 12.6. The van der Waals surface area contributed by atoms with Gasteiger partial charge in [-0.2, -0.15) is 0 Å². The average molecular weight is 248 g/mol. The van der Waals surface area contributed by atoms with Crippen LogP contribution in [0.1, 0.15) is 35.2 Å². The maximum Gasteiger partial charge on any atom is 0.167 e. The lowest BCUT2D eigenvalue weighted by atomic mass is 9.78. The third-order valence-corrected chi connectivity index (χ3v) is 4.00. The largest absolute Gasteiger partial charge is 0.378 e. The molecule has 1 aromatic carbocycles. The van der Waals surface area contributed by atoms with Crippen LogP contribution in [0.2, 0.25) is 0 Å². The number of hydrogen-bond donors (Lipinski definition) is 2. The zero-order valence-corrected chi connectivity index (χ0v) is 10.3. The lowest BCUT2D eigenvalue weighted by Crippen LogP contribution is -2.51. The molecular weight excluding hydrogens is 231 g/mol. The molecule has 4 heteroatoms. The van der Waals surface area contributed by atoms with Gasteiger partial charge >= 0.3 is 0 Å². The highest BCUT2D eigenvalue weighted by atomic mass is 19.1. The third kappa shape index (κ3) is 1.90. The van der Waals surface area contributed by atoms with Gasteiger partial charge in [-0.05, 0) is 43.6 Å². The Kier molecular flexibility index (Phi) is 2.82. The molecule has 0 unspecified atom stereocenters. The summed E-state index contributed by atoms with van der Waals surface area (Å²) in [6.07, 6.45) is 2.45. The van der Waals surface area contributed by atoms with Crippen molar-refractivity contribution in [1.82, 2.24) is 5.32 Å². The number of piperidine rings is 1. The summed E-state index contributed by atoms with van der Waals surface area (Å²) >= 11 is 0. The van der Waals surface area contributed by atoms with E-state index in [9.17, 15) is 9.18 Å². The fourth-order valence-electron chi connectivity index (χ4n) is 2.95. The normalized spacial score (nSPS) is 21.5. The summed E-state index contributed by atoms with van der Waals surface area (Å²) in [6.45, 7) is 1.37. The maximum absolute atomic E-state index is 12.6. The van der Waals surface area contributed by atoms with E-state index >= 15 is 0 Å². The highest BCUT2D eigenvalue weighted by Crippen LogP contribution is 2.36. The number of anilines is 1. The third-order valence-electron chi connectivity index (χ3n) is 4.00. The predicted molar refractivity (Wildman–Crippen MR) is 68.7 cm³/mol. The van der Waals surface area contributed by atoms with E-state index < -0.39 is 6.67 Å². The summed E-state index contributed by atoms with van der Waals surface area (Å²) in [5.41, 5.74) is 2.00. The van der Waals surface area contributed by atoms with Gasteiger partial charge < -0.3 is 10.6 Å². The first-order chi connectivity index (χ1) is 8.72. The van der Waals surface area contributed by atoms with E-state index in [-0.39, 0.29) is 11.3 Å². The van der Waals surface area contributed by atoms with Gasteiger partial charge in [-0.15, -0.1) is 0 Å². The van der Waals surface area contributed by atoms with Crippen LogP contribution >= 0.6 is 0 Å². The molecule has 2 aliphatic rings. The van der Waals surface area contributed by atoms with Crippen LogP contribution in [-0.2, 0) is 6.67 Å². The second-order valence-corrected chi connectivity index (χ2v) is 5.27. The molecule has 2 heterocycles. The molecule has 3 nitrogen and oxygen atoms in total. The van der Waals surface area contributed by atoms with Gasteiger partial charge in [0, 0.05) is 23.2 Å². The topological polar surface area (TPSA) is 41.1 Å². The Labute approximate surface area is 106 Å². The molecule has 1 saturated heterocycles. The second kappa shape index (κ2) is 4.35. The average Bonchev–Trinajstić information content (AvgIpc) is 2.39. The number of hydrogen-bond acceptors (Lipinski definition) is 3. The number of carbonyl (C=O) groups is 1. The van der Waals surface area contributed by atoms with E-state index in [1.54, 1.807) is 12.1 Å². The monoisotopic (exact) mass is 248 g/mol. The summed E-state index contributed by atoms with van der Waals surface area (Å²) in [7, 11) is 0. The van der Waals surface area contributed by atoms with Crippen LogP contribution in [0, 0.1) is 0 Å². The van der Waals surface area contributed by atoms with Crippen LogP contribution < -0.4 is 10.6 Å². The first-order valence-corrected chi connectivity index (χ1v) is 6.43. The molecule has 0 aliphatic carbocycles. The van der Waals surface area contributed by atoms with Gasteiger partial charge in [-0.25, -0.2) is 4.39 Å². The Morgan fingerprint density at radius 2 is 2.06 bits per heavy atom. The van der Waals surface area contributed by atoms with Gasteiger partial charge in [0.05, 0.1) is 0 Å². The van der Waals surface area contributed by atoms with Crippen molar-refractivity contribution in [3.8, 4) is 0 Å². The lowest BCUT2D eigenvalue weighted by Gasteiger charge is -2.42. The molecule has 18 heavy (non-hydrogen) atoms. The van der Waals surface area contributed by atoms with E-state index in [0.717, 1.165) is 31.6 Å². The van der Waals surface area contributed by atoms with Crippen LogP contribution in [0.4, 0.5) is 10.1 Å². The van der Waals surface area contributed by atoms with Crippen LogP contribution in [-0.4, -0.2) is 24.4 Å². The Balaban J connectivity index is 1.95. The van der Waals surface area contributed by atoms with Gasteiger partial charge in [0.2, 0.25) is 0 Å². The number of carbonyl (C=O) groups excluding carboxylic acids is 1. The van der Waals surface area contributed by atoms with Gasteiger partial charge in [0.15, 0.2) is 5.78 Å². The van der Waals surface area contributed by atoms with E-state index in [1.807, 2.05) is 6.07 Å². The Morgan fingerprint density at radius 3 is 2.78 bits per heavy atom. The first kappa shape index (κ1) is 11.7. The fourth-order valence-corrected chi connectivity index (χ4v) is 2.95. The summed E-state index contributed by atoms with van der Waals surface area (Å²) in [6, 6.07) is 5.27. The molecule has 0 bridgehead atoms. The molecule has 0 saturated carbocycles. The van der Waals surface area contributed by atoms with Crippen molar-refractivity contribution in [3.63, 3.8) is 0 Å². The Bertz CT molecular complexity index is 481. The minimum atomic E-state index is -0.518. The standard InChI is InChI=1S/C14H17FN2O/c15-9-10-1-2-12-11(7-10)13(18)8-14(17-12)3-5-16-6-4-14/h1-2,7,16-17H,3-6,8-9H2. The number of Topliss-reactive ketones (excluding diaryl/α,β-unsaturated/α-hetero) is 1. The van der Waals surface area contributed by atoms with Gasteiger partial charge in [-0.1, -0.05) is 6.07 Å². The quantitative estimate of drug-likeness (QED) is 0.801. The number of benzene rings is 1. The molecule has 0 aromatic heterocycles. The highest BCUT2D eigenvalue weighted by molar-refractivity contribution is 6.04. The molecule has 2 aliphatic heterocycles. The zero-order valence-electron chi connectivity index (χ0n) is 10.3. The summed E-state index contributed by atoms with van der Waals surface area (Å²) in [4.78, 5) is 12.2. The van der Waals surface area contributed by atoms with Crippen molar-refractivity contribution in [2.75, 3.05) is 18.4 Å². The van der Waals surface area contributed by atoms with Crippen LogP contribution in [0.25, 0.3) is 0 Å². The SMILES string of the molecule is O=C1CC2(CCNCC2)Nc2ccc(CF)cc21. The maximum atomic E-state index is 12.6. The number of halogens is 1. The van der Waals surface area contributed by atoms with Crippen molar-refractivity contribution >= 4 is 11.5 Å². The zero-order chi connectivity index (χ0) is 12.6. The molecule has 0 radical (unpaired) electrons. The molecule has 0 atom stereocenters. The number of ketones is 1. The minimum Gasteiger partial charge on any atom is -0.378 e. The van der Waals surface area contributed by atoms with E-state index in [4.69, 9.17) is 0 Å². The minimum absolute atomic E-state index is 0.0907. The van der Waals surface area contributed by atoms with Crippen molar-refractivity contribution in [1.29, 1.82) is 0 Å². The summed E-state index contributed by atoms with van der Waals surface area (Å²) in [5.74, 6) is 0.140. The second-order valence-electron chi connectivity index (χ2n) is 5.27. The molecule has 1 spiro atoms. The number of nitrogens with one attached hydrogen (secondary N) is 2.